The molecule has 0 spiro atoms. The molecule has 0 aromatic rings. The lowest BCUT2D eigenvalue weighted by molar-refractivity contribution is -0.368. The molecule has 160 valence electrons. The van der Waals surface area contributed by atoms with Crippen molar-refractivity contribution < 1.29 is 15.6 Å². The lowest BCUT2D eigenvalue weighted by Gasteiger charge is -2.04. The van der Waals surface area contributed by atoms with Gasteiger partial charge in [0.15, 0.2) is 0 Å². The number of aliphatic carboxylic acids is 1. The highest BCUT2D eigenvalue weighted by Crippen LogP contribution is 2.13. The smallest absolute Gasteiger partial charge is 0.0739 e. The molecule has 0 saturated carbocycles. The Balaban J connectivity index is -0.000000484. The first-order valence-electron chi connectivity index (χ1n) is 11.4. The largest absolute Gasteiger partial charge is 0.550 e. The predicted octanol–water partition coefficient (Wildman–Crippen LogP) is 5.52. The average Bonchev–Trinajstić information content (AvgIpc) is 2.56. The van der Waals surface area contributed by atoms with Crippen LogP contribution in [-0.4, -0.2) is 12.5 Å². The Hall–Kier alpha value is -0.570. The molecule has 0 bridgehead atoms. The summed E-state index contributed by atoms with van der Waals surface area (Å²) < 4.78 is 0. The predicted molar refractivity (Wildman–Crippen MR) is 114 cm³/mol. The minimum atomic E-state index is -1.08. The Bertz CT molecular complexity index is 236. The van der Waals surface area contributed by atoms with Crippen molar-refractivity contribution in [3.63, 3.8) is 0 Å². The molecule has 3 heteroatoms. The molecule has 0 saturated heterocycles. The van der Waals surface area contributed by atoms with Crippen molar-refractivity contribution in [2.75, 3.05) is 6.54 Å². The van der Waals surface area contributed by atoms with Gasteiger partial charge >= 0.3 is 0 Å². The van der Waals surface area contributed by atoms with E-state index in [1.165, 1.54) is 96.3 Å². The fraction of sp³-hybridized carbons (Fsp3) is 0.957. The molecule has 0 heterocycles. The molecule has 0 radical (unpaired) electrons. The third-order valence-corrected chi connectivity index (χ3v) is 4.24. The number of carboxylic acid groups (broad SMARTS) is 1. The van der Waals surface area contributed by atoms with E-state index in [9.17, 15) is 0 Å². The molecule has 0 aliphatic carbocycles. The topological polar surface area (TPSA) is 67.8 Å². The Morgan fingerprint density at radius 2 is 1.04 bits per heavy atom. The van der Waals surface area contributed by atoms with Crippen molar-refractivity contribution >= 4 is 5.97 Å². The second kappa shape index (κ2) is 29.2. The van der Waals surface area contributed by atoms with Crippen molar-refractivity contribution in [2.24, 2.45) is 5.92 Å². The van der Waals surface area contributed by atoms with Crippen LogP contribution in [0.4, 0.5) is 0 Å². The van der Waals surface area contributed by atoms with Gasteiger partial charge in [0.25, 0.3) is 0 Å². The van der Waals surface area contributed by atoms with E-state index in [0.29, 0.717) is 0 Å². The van der Waals surface area contributed by atoms with E-state index in [1.54, 1.807) is 0 Å². The summed E-state index contributed by atoms with van der Waals surface area (Å²) in [5.74, 6) is -0.182. The van der Waals surface area contributed by atoms with E-state index in [-0.39, 0.29) is 0 Å². The van der Waals surface area contributed by atoms with Crippen LogP contribution in [0.5, 0.6) is 0 Å². The normalized spacial score (nSPS) is 9.96. The van der Waals surface area contributed by atoms with Gasteiger partial charge in [0.1, 0.15) is 0 Å². The van der Waals surface area contributed by atoms with Gasteiger partial charge in [0, 0.05) is 5.97 Å². The van der Waals surface area contributed by atoms with E-state index in [2.05, 4.69) is 33.4 Å². The van der Waals surface area contributed by atoms with Crippen LogP contribution >= 0.6 is 0 Å². The van der Waals surface area contributed by atoms with E-state index in [4.69, 9.17) is 9.90 Å². The number of carboxylic acids is 1. The maximum Gasteiger partial charge on any atom is 0.0739 e. The number of rotatable bonds is 15. The van der Waals surface area contributed by atoms with Crippen molar-refractivity contribution in [2.45, 2.75) is 131 Å². The number of hydrogen-bond acceptors (Lipinski definition) is 2. The second-order valence-corrected chi connectivity index (χ2v) is 7.77. The van der Waals surface area contributed by atoms with Crippen LogP contribution in [0.1, 0.15) is 131 Å². The van der Waals surface area contributed by atoms with Crippen LogP contribution in [-0.2, 0) is 4.79 Å². The maximum atomic E-state index is 8.89. The molecule has 3 N–H and O–H groups in total. The molecule has 0 atom stereocenters. The number of unbranched alkanes of at least 4 members (excludes halogenated alkanes) is 12. The highest BCUT2D eigenvalue weighted by atomic mass is 16.4. The molecule has 0 aromatic heterocycles. The summed E-state index contributed by atoms with van der Waals surface area (Å²) in [6, 6.07) is 0. The molecular formula is C23H51NO2. The maximum absolute atomic E-state index is 8.89. The minimum Gasteiger partial charge on any atom is -0.550 e. The molecule has 0 unspecified atom stereocenters. The standard InChI is InChI=1S/C17H36.C4H11N.C2H4O2/c1-4-5-6-7-8-9-10-11-12-13-14-15-16-17(2)3;1-2-3-4-5;1-2(3)4/h17H,4-16H2,1-3H3;2-5H2,1H3;1H3,(H,3,4). The first kappa shape index (κ1) is 30.2. The van der Waals surface area contributed by atoms with Crippen LogP contribution in [0, 0.1) is 5.92 Å². The van der Waals surface area contributed by atoms with Gasteiger partial charge in [0.05, 0.1) is 6.54 Å². The summed E-state index contributed by atoms with van der Waals surface area (Å²) in [5.41, 5.74) is 3.68. The van der Waals surface area contributed by atoms with Gasteiger partial charge in [-0.1, -0.05) is 118 Å². The molecule has 0 aliphatic heterocycles. The molecule has 0 rings (SSSR count). The summed E-state index contributed by atoms with van der Waals surface area (Å²) in [4.78, 5) is 8.89. The highest BCUT2D eigenvalue weighted by Gasteiger charge is 1.95. The Labute approximate surface area is 165 Å². The van der Waals surface area contributed by atoms with Crippen LogP contribution in [0.3, 0.4) is 0 Å². The molecule has 3 nitrogen and oxygen atoms in total. The highest BCUT2D eigenvalue weighted by molar-refractivity contribution is 5.60. The quantitative estimate of drug-likeness (QED) is 0.384. The first-order valence-corrected chi connectivity index (χ1v) is 11.4. The van der Waals surface area contributed by atoms with Crippen LogP contribution in [0.25, 0.3) is 0 Å². The molecule has 0 fully saturated rings. The van der Waals surface area contributed by atoms with Crippen molar-refractivity contribution in [1.82, 2.24) is 0 Å². The second-order valence-electron chi connectivity index (χ2n) is 7.77. The van der Waals surface area contributed by atoms with Gasteiger partial charge in [-0.2, -0.15) is 0 Å². The molecule has 0 aliphatic rings. The van der Waals surface area contributed by atoms with E-state index in [1.807, 2.05) is 0 Å². The van der Waals surface area contributed by atoms with Gasteiger partial charge in [-0.05, 0) is 19.3 Å². The van der Waals surface area contributed by atoms with Gasteiger partial charge in [0.2, 0.25) is 0 Å². The van der Waals surface area contributed by atoms with Crippen molar-refractivity contribution in [3.8, 4) is 0 Å². The number of carbonyl (C=O) groups excluding carboxylic acids is 1. The first-order chi connectivity index (χ1) is 12.4. The number of carbonyl (C=O) groups is 1. The summed E-state index contributed by atoms with van der Waals surface area (Å²) in [6.45, 7) is 11.2. The van der Waals surface area contributed by atoms with Crippen molar-refractivity contribution in [1.29, 1.82) is 0 Å². The third-order valence-electron chi connectivity index (χ3n) is 4.24. The number of quaternary nitrogens is 1. The molecule has 0 amide bonds. The summed E-state index contributed by atoms with van der Waals surface area (Å²) in [7, 11) is 0. The lowest BCUT2D eigenvalue weighted by atomic mass is 10.0. The average molecular weight is 374 g/mol. The summed E-state index contributed by atoms with van der Waals surface area (Å²) >= 11 is 0. The monoisotopic (exact) mass is 373 g/mol. The zero-order chi connectivity index (χ0) is 20.5. The fourth-order valence-electron chi connectivity index (χ4n) is 2.64. The molecule has 0 aromatic carbocycles. The SMILES string of the molecule is CC(=O)[O-].CCCCCCCCCCCCCCC(C)C.CCCC[NH3+]. The Morgan fingerprint density at radius 3 is 1.27 bits per heavy atom. The Kier molecular flexibility index (Phi) is 33.9. The Morgan fingerprint density at radius 1 is 0.731 bits per heavy atom. The number of hydrogen-bond donors (Lipinski definition) is 1. The van der Waals surface area contributed by atoms with E-state index in [0.717, 1.165) is 19.4 Å². The summed E-state index contributed by atoms with van der Waals surface area (Å²) in [5, 5.41) is 8.89. The lowest BCUT2D eigenvalue weighted by Crippen LogP contribution is -2.49. The van der Waals surface area contributed by atoms with Gasteiger partial charge in [-0.25, -0.2) is 0 Å². The van der Waals surface area contributed by atoms with Crippen molar-refractivity contribution in [3.05, 3.63) is 0 Å². The van der Waals surface area contributed by atoms with Gasteiger partial charge < -0.3 is 15.6 Å². The molecule has 26 heavy (non-hydrogen) atoms. The van der Waals surface area contributed by atoms with E-state index < -0.39 is 5.97 Å². The fourth-order valence-corrected chi connectivity index (χ4v) is 2.64. The van der Waals surface area contributed by atoms with Gasteiger partial charge in [-0.15, -0.1) is 0 Å². The van der Waals surface area contributed by atoms with Crippen LogP contribution in [0.15, 0.2) is 0 Å². The zero-order valence-corrected chi connectivity index (χ0v) is 18.9. The van der Waals surface area contributed by atoms with Crippen LogP contribution < -0.4 is 10.8 Å². The van der Waals surface area contributed by atoms with Crippen LogP contribution in [0.2, 0.25) is 0 Å². The summed E-state index contributed by atoms with van der Waals surface area (Å²) in [6.07, 6.45) is 21.5. The van der Waals surface area contributed by atoms with Gasteiger partial charge in [-0.3, -0.25) is 0 Å². The van der Waals surface area contributed by atoms with E-state index >= 15 is 0 Å². The zero-order valence-electron chi connectivity index (χ0n) is 18.9. The third kappa shape index (κ3) is 49.5. The minimum absolute atomic E-state index is 0.901. The molecular weight excluding hydrogens is 322 g/mol.